The molecule has 0 saturated carbocycles. The Kier molecular flexibility index (Phi) is 4.93. The van der Waals surface area contributed by atoms with Gasteiger partial charge in [0.2, 0.25) is 5.91 Å². The summed E-state index contributed by atoms with van der Waals surface area (Å²) >= 11 is 0. The number of hydrogen-bond acceptors (Lipinski definition) is 3. The number of benzene rings is 2. The van der Waals surface area contributed by atoms with E-state index in [0.717, 1.165) is 19.5 Å². The van der Waals surface area contributed by atoms with Crippen LogP contribution in [-0.2, 0) is 4.79 Å². The standard InChI is InChI=1S/C22H23N3O/c26-22(24-21-12-3-4-13-23-21)16-25-14-6-9-18(15-25)20-11-5-8-17-7-1-2-10-19(17)20/h1-5,7-8,10-13,18H,6,9,14-16H2,(H,23,24,26). The number of carbonyl (C=O) groups excluding carboxylic acids is 1. The molecule has 0 aliphatic carbocycles. The third-order valence-corrected chi connectivity index (χ3v) is 5.07. The maximum Gasteiger partial charge on any atom is 0.239 e. The molecule has 0 radical (unpaired) electrons. The number of rotatable bonds is 4. The number of aromatic nitrogens is 1. The second-order valence-electron chi connectivity index (χ2n) is 6.91. The molecule has 3 aromatic rings. The average molecular weight is 345 g/mol. The van der Waals surface area contributed by atoms with Crippen LogP contribution in [0.4, 0.5) is 5.82 Å². The Morgan fingerprint density at radius 3 is 2.81 bits per heavy atom. The number of nitrogens with one attached hydrogen (secondary N) is 1. The topological polar surface area (TPSA) is 45.2 Å². The molecule has 1 saturated heterocycles. The van der Waals surface area contributed by atoms with Gasteiger partial charge in [0.15, 0.2) is 0 Å². The first-order valence-corrected chi connectivity index (χ1v) is 9.20. The molecule has 1 atom stereocenters. The van der Waals surface area contributed by atoms with Gasteiger partial charge >= 0.3 is 0 Å². The zero-order valence-corrected chi connectivity index (χ0v) is 14.8. The maximum atomic E-state index is 12.3. The van der Waals surface area contributed by atoms with Crippen LogP contribution in [-0.4, -0.2) is 35.4 Å². The fourth-order valence-electron chi connectivity index (χ4n) is 3.88. The molecule has 1 N–H and O–H groups in total. The van der Waals surface area contributed by atoms with Gasteiger partial charge in [-0.05, 0) is 53.8 Å². The van der Waals surface area contributed by atoms with Crippen molar-refractivity contribution in [2.45, 2.75) is 18.8 Å². The average Bonchev–Trinajstić information content (AvgIpc) is 2.68. The third-order valence-electron chi connectivity index (χ3n) is 5.07. The van der Waals surface area contributed by atoms with Crippen molar-refractivity contribution in [2.24, 2.45) is 0 Å². The Hall–Kier alpha value is -2.72. The lowest BCUT2D eigenvalue weighted by atomic mass is 9.87. The molecular formula is C22H23N3O. The van der Waals surface area contributed by atoms with E-state index in [4.69, 9.17) is 0 Å². The first kappa shape index (κ1) is 16.7. The van der Waals surface area contributed by atoms with Crippen LogP contribution in [0.15, 0.2) is 66.9 Å². The summed E-state index contributed by atoms with van der Waals surface area (Å²) in [6.07, 6.45) is 3.98. The predicted octanol–water partition coefficient (Wildman–Crippen LogP) is 4.05. The Balaban J connectivity index is 1.45. The fraction of sp³-hybridized carbons (Fsp3) is 0.273. The van der Waals surface area contributed by atoms with Crippen molar-refractivity contribution in [1.82, 2.24) is 9.88 Å². The van der Waals surface area contributed by atoms with E-state index >= 15 is 0 Å². The Bertz CT molecular complexity index is 889. The normalized spacial score (nSPS) is 17.9. The number of pyridine rings is 1. The van der Waals surface area contributed by atoms with Crippen molar-refractivity contribution in [2.75, 3.05) is 25.0 Å². The third kappa shape index (κ3) is 3.75. The van der Waals surface area contributed by atoms with Crippen LogP contribution in [0.5, 0.6) is 0 Å². The van der Waals surface area contributed by atoms with Crippen LogP contribution in [0.3, 0.4) is 0 Å². The van der Waals surface area contributed by atoms with E-state index in [2.05, 4.69) is 57.7 Å². The van der Waals surface area contributed by atoms with Gasteiger partial charge in [0, 0.05) is 12.7 Å². The quantitative estimate of drug-likeness (QED) is 0.776. The lowest BCUT2D eigenvalue weighted by Gasteiger charge is -2.33. The van der Waals surface area contributed by atoms with Gasteiger partial charge in [0.1, 0.15) is 5.82 Å². The number of nitrogens with zero attached hydrogens (tertiary/aromatic N) is 2. The van der Waals surface area contributed by atoms with Crippen molar-refractivity contribution in [1.29, 1.82) is 0 Å². The highest BCUT2D eigenvalue weighted by Crippen LogP contribution is 2.32. The van der Waals surface area contributed by atoms with E-state index in [1.54, 1.807) is 6.20 Å². The summed E-state index contributed by atoms with van der Waals surface area (Å²) in [7, 11) is 0. The smallest absolute Gasteiger partial charge is 0.239 e. The molecule has 0 spiro atoms. The van der Waals surface area contributed by atoms with E-state index in [1.807, 2.05) is 18.2 Å². The summed E-state index contributed by atoms with van der Waals surface area (Å²) in [6.45, 7) is 2.30. The molecule has 2 aromatic carbocycles. The van der Waals surface area contributed by atoms with Crippen LogP contribution >= 0.6 is 0 Å². The van der Waals surface area contributed by atoms with E-state index in [1.165, 1.54) is 22.8 Å². The van der Waals surface area contributed by atoms with E-state index in [-0.39, 0.29) is 5.91 Å². The fourth-order valence-corrected chi connectivity index (χ4v) is 3.88. The predicted molar refractivity (Wildman–Crippen MR) is 105 cm³/mol. The minimum Gasteiger partial charge on any atom is -0.310 e. The molecule has 2 heterocycles. The highest BCUT2D eigenvalue weighted by Gasteiger charge is 2.24. The highest BCUT2D eigenvalue weighted by molar-refractivity contribution is 5.91. The van der Waals surface area contributed by atoms with E-state index < -0.39 is 0 Å². The number of hydrogen-bond donors (Lipinski definition) is 1. The molecule has 0 bridgehead atoms. The molecule has 1 aromatic heterocycles. The molecule has 1 unspecified atom stereocenters. The molecule has 4 heteroatoms. The van der Waals surface area contributed by atoms with Crippen LogP contribution < -0.4 is 5.32 Å². The zero-order valence-electron chi connectivity index (χ0n) is 14.8. The number of amides is 1. The van der Waals surface area contributed by atoms with Gasteiger partial charge in [0.25, 0.3) is 0 Å². The molecular weight excluding hydrogens is 322 g/mol. The molecule has 1 fully saturated rings. The van der Waals surface area contributed by atoms with Crippen molar-refractivity contribution in [3.8, 4) is 0 Å². The molecule has 1 aliphatic heterocycles. The minimum absolute atomic E-state index is 0.00210. The van der Waals surface area contributed by atoms with Crippen molar-refractivity contribution in [3.05, 3.63) is 72.4 Å². The monoisotopic (exact) mass is 345 g/mol. The summed E-state index contributed by atoms with van der Waals surface area (Å²) in [4.78, 5) is 18.8. The summed E-state index contributed by atoms with van der Waals surface area (Å²) < 4.78 is 0. The van der Waals surface area contributed by atoms with Gasteiger partial charge in [-0.1, -0.05) is 48.5 Å². The first-order valence-electron chi connectivity index (χ1n) is 9.20. The van der Waals surface area contributed by atoms with E-state index in [9.17, 15) is 4.79 Å². The van der Waals surface area contributed by atoms with E-state index in [0.29, 0.717) is 18.3 Å². The second kappa shape index (κ2) is 7.67. The maximum absolute atomic E-state index is 12.3. The number of likely N-dealkylation sites (tertiary alicyclic amines) is 1. The van der Waals surface area contributed by atoms with Crippen LogP contribution in [0.1, 0.15) is 24.3 Å². The van der Waals surface area contributed by atoms with Crippen LogP contribution in [0.2, 0.25) is 0 Å². The van der Waals surface area contributed by atoms with Gasteiger partial charge in [-0.3, -0.25) is 9.69 Å². The SMILES string of the molecule is O=C(CN1CCCC(c2cccc3ccccc23)C1)Nc1ccccn1. The molecule has 26 heavy (non-hydrogen) atoms. The molecule has 1 amide bonds. The van der Waals surface area contributed by atoms with Crippen molar-refractivity contribution in [3.63, 3.8) is 0 Å². The molecule has 4 nitrogen and oxygen atoms in total. The molecule has 132 valence electrons. The second-order valence-corrected chi connectivity index (χ2v) is 6.91. The van der Waals surface area contributed by atoms with Gasteiger partial charge in [-0.25, -0.2) is 4.98 Å². The van der Waals surface area contributed by atoms with Gasteiger partial charge in [0.05, 0.1) is 6.54 Å². The van der Waals surface area contributed by atoms with Gasteiger partial charge in [-0.15, -0.1) is 0 Å². The van der Waals surface area contributed by atoms with Gasteiger partial charge < -0.3 is 5.32 Å². The summed E-state index contributed by atoms with van der Waals surface area (Å²) in [5.74, 6) is 1.08. The minimum atomic E-state index is 0.00210. The van der Waals surface area contributed by atoms with Crippen molar-refractivity contribution >= 4 is 22.5 Å². The Morgan fingerprint density at radius 1 is 1.08 bits per heavy atom. The number of carbonyl (C=O) groups is 1. The number of anilines is 1. The lowest BCUT2D eigenvalue weighted by molar-refractivity contribution is -0.117. The summed E-state index contributed by atoms with van der Waals surface area (Å²) in [5, 5.41) is 5.50. The first-order chi connectivity index (χ1) is 12.8. The lowest BCUT2D eigenvalue weighted by Crippen LogP contribution is -2.39. The zero-order chi connectivity index (χ0) is 17.8. The Morgan fingerprint density at radius 2 is 1.92 bits per heavy atom. The van der Waals surface area contributed by atoms with Crippen molar-refractivity contribution < 1.29 is 4.79 Å². The van der Waals surface area contributed by atoms with Crippen LogP contribution in [0.25, 0.3) is 10.8 Å². The number of fused-ring (bicyclic) bond motifs is 1. The summed E-state index contributed by atoms with van der Waals surface area (Å²) in [6, 6.07) is 20.6. The number of piperidine rings is 1. The Labute approximate surface area is 153 Å². The molecule has 4 rings (SSSR count). The molecule has 1 aliphatic rings. The van der Waals surface area contributed by atoms with Crippen LogP contribution in [0, 0.1) is 0 Å². The highest BCUT2D eigenvalue weighted by atomic mass is 16.2. The summed E-state index contributed by atoms with van der Waals surface area (Å²) in [5.41, 5.74) is 1.40. The van der Waals surface area contributed by atoms with Gasteiger partial charge in [-0.2, -0.15) is 0 Å². The largest absolute Gasteiger partial charge is 0.310 e.